The molecule has 0 atom stereocenters. The minimum atomic E-state index is -0.344. The lowest BCUT2D eigenvalue weighted by Crippen LogP contribution is -2.41. The molecule has 2 aromatic carbocycles. The highest BCUT2D eigenvalue weighted by atomic mass is 16.2. The number of carbonyl (C=O) groups is 2. The Kier molecular flexibility index (Phi) is 3.85. The number of aromatic nitrogens is 1. The van der Waals surface area contributed by atoms with Crippen LogP contribution in [-0.2, 0) is 7.05 Å². The number of para-hydroxylation sites is 1. The predicted molar refractivity (Wildman–Crippen MR) is 89.0 cm³/mol. The minimum absolute atomic E-state index is 0.336. The first-order chi connectivity index (χ1) is 11.1. The molecule has 0 aliphatic rings. The summed E-state index contributed by atoms with van der Waals surface area (Å²) >= 11 is 0. The number of rotatable bonds is 2. The van der Waals surface area contributed by atoms with E-state index in [4.69, 9.17) is 0 Å². The number of hydrogen-bond donors (Lipinski definition) is 2. The lowest BCUT2D eigenvalue weighted by Gasteiger charge is -2.08. The number of fused-ring (bicyclic) bond motifs is 1. The van der Waals surface area contributed by atoms with Crippen LogP contribution in [-0.4, -0.2) is 16.4 Å². The third-order valence-corrected chi connectivity index (χ3v) is 3.82. The van der Waals surface area contributed by atoms with E-state index in [9.17, 15) is 9.59 Å². The van der Waals surface area contributed by atoms with E-state index in [1.165, 1.54) is 0 Å². The van der Waals surface area contributed by atoms with Crippen molar-refractivity contribution < 1.29 is 9.59 Å². The van der Waals surface area contributed by atoms with Gasteiger partial charge in [0.2, 0.25) is 0 Å². The topological polar surface area (TPSA) is 63.1 Å². The molecule has 0 aliphatic carbocycles. The quantitative estimate of drug-likeness (QED) is 0.715. The van der Waals surface area contributed by atoms with Gasteiger partial charge in [-0.1, -0.05) is 36.4 Å². The zero-order valence-corrected chi connectivity index (χ0v) is 13.0. The van der Waals surface area contributed by atoms with Gasteiger partial charge in [-0.25, -0.2) is 0 Å². The monoisotopic (exact) mass is 307 g/mol. The second-order valence-corrected chi connectivity index (χ2v) is 5.39. The molecule has 3 aromatic rings. The van der Waals surface area contributed by atoms with Crippen molar-refractivity contribution in [3.05, 3.63) is 71.4 Å². The Labute approximate surface area is 133 Å². The van der Waals surface area contributed by atoms with E-state index in [0.717, 1.165) is 16.5 Å². The van der Waals surface area contributed by atoms with Gasteiger partial charge in [0.1, 0.15) is 0 Å². The molecule has 5 heteroatoms. The Balaban J connectivity index is 1.77. The molecule has 0 fully saturated rings. The summed E-state index contributed by atoms with van der Waals surface area (Å²) in [6.45, 7) is 1.85. The summed E-state index contributed by atoms with van der Waals surface area (Å²) in [5.74, 6) is -0.680. The van der Waals surface area contributed by atoms with Crippen molar-refractivity contribution in [2.24, 2.45) is 7.05 Å². The lowest BCUT2D eigenvalue weighted by molar-refractivity contribution is 0.0847. The normalized spacial score (nSPS) is 10.5. The van der Waals surface area contributed by atoms with E-state index < -0.39 is 0 Å². The molecular weight excluding hydrogens is 290 g/mol. The van der Waals surface area contributed by atoms with Crippen LogP contribution < -0.4 is 10.9 Å². The minimum Gasteiger partial charge on any atom is -0.350 e. The molecule has 3 rings (SSSR count). The highest BCUT2D eigenvalue weighted by Gasteiger charge is 2.15. The van der Waals surface area contributed by atoms with E-state index in [1.807, 2.05) is 54.9 Å². The summed E-state index contributed by atoms with van der Waals surface area (Å²) in [7, 11) is 1.88. The van der Waals surface area contributed by atoms with Crippen molar-refractivity contribution >= 4 is 22.7 Å². The van der Waals surface area contributed by atoms with Crippen LogP contribution >= 0.6 is 0 Å². The van der Waals surface area contributed by atoms with Crippen LogP contribution in [0.2, 0.25) is 0 Å². The number of hydrazine groups is 1. The number of carbonyl (C=O) groups excluding carboxylic acids is 2. The van der Waals surface area contributed by atoms with Gasteiger partial charge in [0.25, 0.3) is 11.8 Å². The molecule has 0 bridgehead atoms. The summed E-state index contributed by atoms with van der Waals surface area (Å²) in [6, 6.07) is 14.8. The summed E-state index contributed by atoms with van der Waals surface area (Å²) in [5.41, 5.74) is 7.81. The number of hydrogen-bond acceptors (Lipinski definition) is 2. The predicted octanol–water partition coefficient (Wildman–Crippen LogP) is 2.56. The molecule has 1 heterocycles. The van der Waals surface area contributed by atoms with Crippen LogP contribution in [0.25, 0.3) is 10.9 Å². The molecule has 2 N–H and O–H groups in total. The van der Waals surface area contributed by atoms with Crippen molar-refractivity contribution in [2.75, 3.05) is 0 Å². The first-order valence-electron chi connectivity index (χ1n) is 7.28. The van der Waals surface area contributed by atoms with Gasteiger partial charge in [-0.05, 0) is 24.6 Å². The van der Waals surface area contributed by atoms with Crippen molar-refractivity contribution in [1.82, 2.24) is 15.4 Å². The zero-order valence-electron chi connectivity index (χ0n) is 13.0. The molecule has 0 aliphatic heterocycles. The maximum absolute atomic E-state index is 12.4. The summed E-state index contributed by atoms with van der Waals surface area (Å²) < 4.78 is 1.88. The van der Waals surface area contributed by atoms with Gasteiger partial charge >= 0.3 is 0 Å². The molecule has 0 radical (unpaired) electrons. The van der Waals surface area contributed by atoms with Crippen LogP contribution in [0.4, 0.5) is 0 Å². The van der Waals surface area contributed by atoms with Crippen LogP contribution in [0.1, 0.15) is 26.3 Å². The SMILES string of the molecule is Cc1ccccc1C(=O)NNC(=O)c1cn(C)c2ccccc12. The van der Waals surface area contributed by atoms with E-state index in [0.29, 0.717) is 11.1 Å². The van der Waals surface area contributed by atoms with E-state index in [2.05, 4.69) is 10.9 Å². The molecule has 0 saturated carbocycles. The van der Waals surface area contributed by atoms with Crippen molar-refractivity contribution in [2.45, 2.75) is 6.92 Å². The fourth-order valence-corrected chi connectivity index (χ4v) is 2.60. The first kappa shape index (κ1) is 14.8. The van der Waals surface area contributed by atoms with E-state index in [-0.39, 0.29) is 11.8 Å². The molecular formula is C18H17N3O2. The van der Waals surface area contributed by atoms with Gasteiger partial charge in [0.05, 0.1) is 5.56 Å². The fourth-order valence-electron chi connectivity index (χ4n) is 2.60. The first-order valence-corrected chi connectivity index (χ1v) is 7.28. The number of nitrogens with zero attached hydrogens (tertiary/aromatic N) is 1. The molecule has 0 unspecified atom stereocenters. The van der Waals surface area contributed by atoms with Gasteiger partial charge in [0.15, 0.2) is 0 Å². The fraction of sp³-hybridized carbons (Fsp3) is 0.111. The van der Waals surface area contributed by atoms with Gasteiger partial charge in [-0.2, -0.15) is 0 Å². The second kappa shape index (κ2) is 5.96. The average Bonchev–Trinajstić information content (AvgIpc) is 2.90. The Hall–Kier alpha value is -3.08. The van der Waals surface area contributed by atoms with Crippen molar-refractivity contribution in [1.29, 1.82) is 0 Å². The van der Waals surface area contributed by atoms with Crippen molar-refractivity contribution in [3.8, 4) is 0 Å². The van der Waals surface area contributed by atoms with Crippen LogP contribution in [0.5, 0.6) is 0 Å². The Bertz CT molecular complexity index is 896. The molecule has 2 amide bonds. The summed E-state index contributed by atoms with van der Waals surface area (Å²) in [5, 5.41) is 0.845. The number of nitrogens with one attached hydrogen (secondary N) is 2. The third kappa shape index (κ3) is 2.81. The largest absolute Gasteiger partial charge is 0.350 e. The van der Waals surface area contributed by atoms with Crippen LogP contribution in [0.15, 0.2) is 54.7 Å². The van der Waals surface area contributed by atoms with Gasteiger partial charge in [-0.15, -0.1) is 0 Å². The number of benzene rings is 2. The van der Waals surface area contributed by atoms with Gasteiger partial charge in [-0.3, -0.25) is 20.4 Å². The van der Waals surface area contributed by atoms with E-state index in [1.54, 1.807) is 18.3 Å². The third-order valence-electron chi connectivity index (χ3n) is 3.82. The van der Waals surface area contributed by atoms with Crippen molar-refractivity contribution in [3.63, 3.8) is 0 Å². The van der Waals surface area contributed by atoms with Gasteiger partial charge in [0, 0.05) is 29.7 Å². The molecule has 0 spiro atoms. The molecule has 5 nitrogen and oxygen atoms in total. The van der Waals surface area contributed by atoms with E-state index >= 15 is 0 Å². The zero-order chi connectivity index (χ0) is 16.4. The number of aryl methyl sites for hydroxylation is 2. The molecule has 1 aromatic heterocycles. The molecule has 116 valence electrons. The standard InChI is InChI=1S/C18H17N3O2/c1-12-7-3-4-8-13(12)17(22)19-20-18(23)15-11-21(2)16-10-6-5-9-14(15)16/h3-11H,1-2H3,(H,19,22)(H,20,23). The Morgan fingerprint density at radius 1 is 0.870 bits per heavy atom. The average molecular weight is 307 g/mol. The van der Waals surface area contributed by atoms with Crippen LogP contribution in [0.3, 0.4) is 0 Å². The van der Waals surface area contributed by atoms with Gasteiger partial charge < -0.3 is 4.57 Å². The maximum atomic E-state index is 12.4. The van der Waals surface area contributed by atoms with Crippen LogP contribution in [0, 0.1) is 6.92 Å². The Morgan fingerprint density at radius 2 is 1.48 bits per heavy atom. The molecule has 0 saturated heterocycles. The summed E-state index contributed by atoms with van der Waals surface area (Å²) in [6.07, 6.45) is 1.75. The smallest absolute Gasteiger partial charge is 0.271 e. The lowest BCUT2D eigenvalue weighted by atomic mass is 10.1. The highest BCUT2D eigenvalue weighted by molar-refractivity contribution is 6.08. The second-order valence-electron chi connectivity index (χ2n) is 5.39. The summed E-state index contributed by atoms with van der Waals surface area (Å²) in [4.78, 5) is 24.5. The number of amides is 2. The highest BCUT2D eigenvalue weighted by Crippen LogP contribution is 2.19. The Morgan fingerprint density at radius 3 is 2.22 bits per heavy atom. The maximum Gasteiger partial charge on any atom is 0.271 e. The molecule has 23 heavy (non-hydrogen) atoms.